The molecule has 0 aromatic heterocycles. The van der Waals surface area contributed by atoms with E-state index in [1.807, 2.05) is 35.1 Å². The number of aliphatic hydroxyl groups is 1. The summed E-state index contributed by atoms with van der Waals surface area (Å²) in [7, 11) is -2.53. The number of hydrogen-bond donors (Lipinski definition) is 2. The highest BCUT2D eigenvalue weighted by Gasteiger charge is 2.45. The lowest BCUT2D eigenvalue weighted by Gasteiger charge is -2.44. The molecule has 53 heavy (non-hydrogen) atoms. The van der Waals surface area contributed by atoms with Gasteiger partial charge in [-0.05, 0) is 91.3 Å². The average molecular weight is 779 g/mol. The van der Waals surface area contributed by atoms with Crippen LogP contribution in [0.15, 0.2) is 48.6 Å². The van der Waals surface area contributed by atoms with Crippen molar-refractivity contribution in [1.82, 2.24) is 14.5 Å². The van der Waals surface area contributed by atoms with Gasteiger partial charge in [0.2, 0.25) is 15.9 Å². The molecule has 2 aromatic rings. The molecule has 0 radical (unpaired) electrons. The number of hydrogen-bond acceptors (Lipinski definition) is 9. The maximum absolute atomic E-state index is 13.6. The first-order chi connectivity index (χ1) is 25.1. The standard InChI is InChI=1S/C38H49ClF2N4O7S/c1-43-15-5-4-8-33(51-18-17-44-24-37(40,41)25-44)31-13-10-27(31)22-45-16-6-3-7-26-19-30(39)12-9-28(26)23-52-34-14-11-29(20-32(34)45)38(48,21-35(43)46)36(47)42-53(2,49)50/h4,8-9,11-12,14,19-20,27,31,33,48H,3,5-7,10,13,15-18,21-25H2,1-2H3,(H,42,47)/b8-4+/t27-,31+,33-,38+/m0/s1. The second-order valence-electron chi connectivity index (χ2n) is 15.0. The van der Waals surface area contributed by atoms with Gasteiger partial charge in [-0.15, -0.1) is 0 Å². The molecular formula is C38H49ClF2N4O7S. The van der Waals surface area contributed by atoms with Crippen molar-refractivity contribution in [3.63, 3.8) is 0 Å². The van der Waals surface area contributed by atoms with Gasteiger partial charge in [-0.25, -0.2) is 17.2 Å². The predicted molar refractivity (Wildman–Crippen MR) is 198 cm³/mol. The number of ether oxygens (including phenoxy) is 2. The van der Waals surface area contributed by atoms with Crippen molar-refractivity contribution in [2.45, 2.75) is 69.2 Å². The number of alkyl halides is 2. The molecule has 290 valence electrons. The molecule has 2 bridgehead atoms. The Hall–Kier alpha value is -3.30. The largest absolute Gasteiger partial charge is 0.487 e. The van der Waals surface area contributed by atoms with E-state index in [4.69, 9.17) is 21.1 Å². The van der Waals surface area contributed by atoms with Crippen LogP contribution < -0.4 is 14.4 Å². The number of carbonyl (C=O) groups is 2. The Morgan fingerprint density at radius 3 is 2.62 bits per heavy atom. The molecule has 3 aliphatic heterocycles. The Labute approximate surface area is 315 Å². The van der Waals surface area contributed by atoms with Gasteiger partial charge in [0.05, 0.1) is 44.2 Å². The smallest absolute Gasteiger partial charge is 0.272 e. The van der Waals surface area contributed by atoms with Crippen molar-refractivity contribution in [1.29, 1.82) is 0 Å². The molecule has 6 rings (SSSR count). The zero-order chi connectivity index (χ0) is 38.0. The van der Waals surface area contributed by atoms with Gasteiger partial charge in [-0.2, -0.15) is 0 Å². The fourth-order valence-corrected chi connectivity index (χ4v) is 8.38. The molecule has 4 atom stereocenters. The van der Waals surface area contributed by atoms with Crippen molar-refractivity contribution in [3.8, 4) is 5.75 Å². The lowest BCUT2D eigenvalue weighted by Crippen LogP contribution is -2.57. The van der Waals surface area contributed by atoms with Crippen LogP contribution in [0.5, 0.6) is 5.75 Å². The summed E-state index contributed by atoms with van der Waals surface area (Å²) in [6.45, 7) is 1.93. The van der Waals surface area contributed by atoms with Gasteiger partial charge in [0.25, 0.3) is 11.8 Å². The van der Waals surface area contributed by atoms with Gasteiger partial charge in [-0.3, -0.25) is 19.2 Å². The zero-order valence-electron chi connectivity index (χ0n) is 30.2. The van der Waals surface area contributed by atoms with Crippen LogP contribution in [-0.4, -0.2) is 106 Å². The number of halogens is 3. The van der Waals surface area contributed by atoms with Crippen LogP contribution in [0, 0.1) is 11.8 Å². The van der Waals surface area contributed by atoms with Gasteiger partial charge in [-0.1, -0.05) is 35.9 Å². The van der Waals surface area contributed by atoms with E-state index in [-0.39, 0.29) is 49.7 Å². The second kappa shape index (κ2) is 16.2. The van der Waals surface area contributed by atoms with Gasteiger partial charge < -0.3 is 24.4 Å². The third-order valence-corrected chi connectivity index (χ3v) is 11.7. The quantitative estimate of drug-likeness (QED) is 0.408. The first kappa shape index (κ1) is 39.4. The summed E-state index contributed by atoms with van der Waals surface area (Å²) in [5.74, 6) is -3.59. The van der Waals surface area contributed by atoms with Crippen LogP contribution in [0.25, 0.3) is 0 Å². The molecule has 2 fully saturated rings. The van der Waals surface area contributed by atoms with Gasteiger partial charge in [0, 0.05) is 38.2 Å². The minimum atomic E-state index is -4.08. The Morgan fingerprint density at radius 2 is 1.91 bits per heavy atom. The first-order valence-corrected chi connectivity index (χ1v) is 20.5. The van der Waals surface area contributed by atoms with Crippen LogP contribution in [0.4, 0.5) is 14.5 Å². The molecule has 1 aliphatic carbocycles. The van der Waals surface area contributed by atoms with E-state index >= 15 is 0 Å². The highest BCUT2D eigenvalue weighted by atomic mass is 35.5. The van der Waals surface area contributed by atoms with Crippen LogP contribution in [0.2, 0.25) is 5.02 Å². The third-order valence-electron chi connectivity index (χ3n) is 10.9. The van der Waals surface area contributed by atoms with E-state index in [0.29, 0.717) is 49.1 Å². The van der Waals surface area contributed by atoms with Gasteiger partial charge in [0.1, 0.15) is 12.4 Å². The summed E-state index contributed by atoms with van der Waals surface area (Å²) in [4.78, 5) is 32.5. The highest BCUT2D eigenvalue weighted by molar-refractivity contribution is 7.89. The van der Waals surface area contributed by atoms with E-state index in [1.54, 1.807) is 24.1 Å². The summed E-state index contributed by atoms with van der Waals surface area (Å²) >= 11 is 6.36. The Kier molecular flexibility index (Phi) is 12.0. The van der Waals surface area contributed by atoms with E-state index in [0.717, 1.165) is 49.5 Å². The lowest BCUT2D eigenvalue weighted by molar-refractivity contribution is -0.148. The number of aryl methyl sites for hydroxylation is 1. The maximum atomic E-state index is 13.6. The lowest BCUT2D eigenvalue weighted by atomic mass is 9.70. The van der Waals surface area contributed by atoms with Crippen molar-refractivity contribution >= 4 is 39.1 Å². The molecule has 15 heteroatoms. The SMILES string of the molecule is CN1CC/C=C/[C@H](OCCN2CC(F)(F)C2)[C@@H]2CC[C@H]2CN2CCCCc3cc(Cl)ccc3COc3ccc(cc32)[C@@](O)(C(=O)NS(C)(=O)=O)CC1=O. The summed E-state index contributed by atoms with van der Waals surface area (Å²) in [5, 5.41) is 12.7. The topological polar surface area (TPSA) is 129 Å². The molecule has 0 unspecified atom stereocenters. The Morgan fingerprint density at radius 1 is 1.11 bits per heavy atom. The van der Waals surface area contributed by atoms with Gasteiger partial charge in [0.15, 0.2) is 5.60 Å². The monoisotopic (exact) mass is 778 g/mol. The molecule has 2 N–H and O–H groups in total. The summed E-state index contributed by atoms with van der Waals surface area (Å²) < 4.78 is 66.1. The zero-order valence-corrected chi connectivity index (χ0v) is 31.8. The molecule has 2 amide bonds. The molecular weight excluding hydrogens is 730 g/mol. The number of amides is 2. The number of nitrogens with zero attached hydrogens (tertiary/aromatic N) is 3. The molecule has 1 saturated carbocycles. The van der Waals surface area contributed by atoms with Crippen molar-refractivity contribution in [2.24, 2.45) is 11.8 Å². The molecule has 2 aromatic carbocycles. The summed E-state index contributed by atoms with van der Waals surface area (Å²) in [6, 6.07) is 10.5. The molecule has 11 nitrogen and oxygen atoms in total. The minimum Gasteiger partial charge on any atom is -0.487 e. The first-order valence-electron chi connectivity index (χ1n) is 18.3. The fraction of sp³-hybridized carbons (Fsp3) is 0.579. The number of anilines is 1. The van der Waals surface area contributed by atoms with Crippen LogP contribution in [-0.2, 0) is 43.0 Å². The van der Waals surface area contributed by atoms with E-state index in [2.05, 4.69) is 4.90 Å². The number of fused-ring (bicyclic) bond motifs is 3. The normalized spacial score (nSPS) is 27.5. The van der Waals surface area contributed by atoms with E-state index in [1.165, 1.54) is 11.0 Å². The molecule has 4 aliphatic rings. The van der Waals surface area contributed by atoms with Crippen LogP contribution in [0.3, 0.4) is 0 Å². The second-order valence-corrected chi connectivity index (χ2v) is 17.1. The molecule has 1 saturated heterocycles. The Balaban J connectivity index is 1.37. The molecule has 3 heterocycles. The number of likely N-dealkylation sites (tertiary alicyclic amines) is 1. The highest BCUT2D eigenvalue weighted by Crippen LogP contribution is 2.43. The van der Waals surface area contributed by atoms with Crippen molar-refractivity contribution < 1.29 is 41.4 Å². The van der Waals surface area contributed by atoms with Crippen molar-refractivity contribution in [3.05, 3.63) is 70.3 Å². The van der Waals surface area contributed by atoms with Crippen molar-refractivity contribution in [2.75, 3.05) is 64.1 Å². The number of rotatable bonds is 6. The average Bonchev–Trinajstić information content (AvgIpc) is 3.09. The fourth-order valence-electron chi connectivity index (χ4n) is 7.68. The summed E-state index contributed by atoms with van der Waals surface area (Å²) in [6.07, 6.45) is 8.59. The minimum absolute atomic E-state index is 0.0599. The number of nitrogens with one attached hydrogen (secondary N) is 1. The maximum Gasteiger partial charge on any atom is 0.272 e. The number of benzene rings is 2. The predicted octanol–water partition coefficient (Wildman–Crippen LogP) is 4.50. The number of sulfonamides is 1. The number of carbonyl (C=O) groups excluding carboxylic acids is 2. The van der Waals surface area contributed by atoms with Gasteiger partial charge >= 0.3 is 0 Å². The van der Waals surface area contributed by atoms with Crippen LogP contribution in [0.1, 0.15) is 55.2 Å². The third kappa shape index (κ3) is 9.69. The molecule has 0 spiro atoms. The Bertz CT molecular complexity index is 1810. The van der Waals surface area contributed by atoms with E-state index in [9.17, 15) is 31.9 Å². The summed E-state index contributed by atoms with van der Waals surface area (Å²) in [5.41, 5.74) is 0.228. The van der Waals surface area contributed by atoms with Crippen LogP contribution >= 0.6 is 11.6 Å². The van der Waals surface area contributed by atoms with E-state index < -0.39 is 39.8 Å².